The summed E-state index contributed by atoms with van der Waals surface area (Å²) >= 11 is 5.56. The van der Waals surface area contributed by atoms with Crippen LogP contribution in [0.2, 0.25) is 0 Å². The first-order chi connectivity index (χ1) is 6.82. The summed E-state index contributed by atoms with van der Waals surface area (Å²) in [6.45, 7) is 2.49. The fourth-order valence-electron chi connectivity index (χ4n) is 2.92. The van der Waals surface area contributed by atoms with Crippen molar-refractivity contribution >= 4 is 27.3 Å². The standard InChI is InChI=1S/C11H14BrNS/c12-8-11-4-9(5-11)6-13(11)7-10-2-1-3-14-10/h1-3,9H,4-8H2. The Kier molecular flexibility index (Phi) is 2.22. The second-order valence-corrected chi connectivity index (χ2v) is 6.19. The number of fused-ring (bicyclic) bond motifs is 1. The molecule has 3 fully saturated rings. The third-order valence-electron chi connectivity index (χ3n) is 3.66. The zero-order chi connectivity index (χ0) is 9.60. The molecule has 2 bridgehead atoms. The molecule has 1 saturated carbocycles. The van der Waals surface area contributed by atoms with Crippen LogP contribution in [0.5, 0.6) is 0 Å². The van der Waals surface area contributed by atoms with E-state index >= 15 is 0 Å². The van der Waals surface area contributed by atoms with E-state index in [-0.39, 0.29) is 0 Å². The van der Waals surface area contributed by atoms with Crippen molar-refractivity contribution in [3.63, 3.8) is 0 Å². The van der Waals surface area contributed by atoms with E-state index < -0.39 is 0 Å². The fourth-order valence-corrected chi connectivity index (χ4v) is 4.46. The average molecular weight is 272 g/mol. The van der Waals surface area contributed by atoms with Crippen LogP contribution in [0.3, 0.4) is 0 Å². The molecule has 1 nitrogen and oxygen atoms in total. The normalized spacial score (nSPS) is 35.9. The number of nitrogens with zero attached hydrogens (tertiary/aromatic N) is 1. The molecule has 2 aliphatic heterocycles. The van der Waals surface area contributed by atoms with Crippen molar-refractivity contribution in [2.45, 2.75) is 24.9 Å². The van der Waals surface area contributed by atoms with Gasteiger partial charge in [0.05, 0.1) is 0 Å². The molecule has 3 aliphatic rings. The third-order valence-corrected chi connectivity index (χ3v) is 5.57. The Morgan fingerprint density at radius 1 is 1.57 bits per heavy atom. The molecule has 0 radical (unpaired) electrons. The zero-order valence-electron chi connectivity index (χ0n) is 8.08. The highest BCUT2D eigenvalue weighted by Gasteiger charge is 2.54. The minimum Gasteiger partial charge on any atom is -0.291 e. The van der Waals surface area contributed by atoms with E-state index in [4.69, 9.17) is 0 Å². The fraction of sp³-hybridized carbons (Fsp3) is 0.636. The molecule has 0 spiro atoms. The first-order valence-electron chi connectivity index (χ1n) is 5.16. The van der Waals surface area contributed by atoms with E-state index in [9.17, 15) is 0 Å². The van der Waals surface area contributed by atoms with Crippen molar-refractivity contribution in [2.75, 3.05) is 11.9 Å². The van der Waals surface area contributed by atoms with Crippen molar-refractivity contribution < 1.29 is 0 Å². The van der Waals surface area contributed by atoms with Gasteiger partial charge in [-0.05, 0) is 30.2 Å². The van der Waals surface area contributed by atoms with E-state index in [0.29, 0.717) is 5.54 Å². The summed E-state index contributed by atoms with van der Waals surface area (Å²) in [5.74, 6) is 0.993. The summed E-state index contributed by atoms with van der Waals surface area (Å²) in [4.78, 5) is 4.19. The number of hydrogen-bond donors (Lipinski definition) is 0. The largest absolute Gasteiger partial charge is 0.291 e. The van der Waals surface area contributed by atoms with Gasteiger partial charge in [0.2, 0.25) is 0 Å². The maximum absolute atomic E-state index is 3.68. The lowest BCUT2D eigenvalue weighted by Gasteiger charge is -2.41. The number of halogens is 1. The minimum atomic E-state index is 0.522. The molecule has 0 atom stereocenters. The molecule has 3 heteroatoms. The highest BCUT2D eigenvalue weighted by Crippen LogP contribution is 2.51. The number of alkyl halides is 1. The Bertz CT molecular complexity index is 316. The Balaban J connectivity index is 1.74. The average Bonchev–Trinajstić information content (AvgIpc) is 2.77. The first kappa shape index (κ1) is 9.37. The Hall–Kier alpha value is 0.140. The third kappa shape index (κ3) is 1.29. The second kappa shape index (κ2) is 3.32. The van der Waals surface area contributed by atoms with E-state index in [2.05, 4.69) is 38.3 Å². The monoisotopic (exact) mass is 271 g/mol. The Morgan fingerprint density at radius 2 is 2.43 bits per heavy atom. The minimum absolute atomic E-state index is 0.522. The van der Waals surface area contributed by atoms with E-state index in [1.807, 2.05) is 11.3 Å². The maximum Gasteiger partial charge on any atom is 0.0333 e. The molecular weight excluding hydrogens is 258 g/mol. The molecule has 1 aliphatic carbocycles. The molecule has 0 N–H and O–H groups in total. The summed E-state index contributed by atoms with van der Waals surface area (Å²) in [5, 5.41) is 3.33. The summed E-state index contributed by atoms with van der Waals surface area (Å²) < 4.78 is 0. The van der Waals surface area contributed by atoms with Gasteiger partial charge in [0.1, 0.15) is 0 Å². The molecule has 76 valence electrons. The predicted molar refractivity (Wildman–Crippen MR) is 64.0 cm³/mol. The van der Waals surface area contributed by atoms with Crippen molar-refractivity contribution in [1.29, 1.82) is 0 Å². The molecular formula is C11H14BrNS. The van der Waals surface area contributed by atoms with Gasteiger partial charge >= 0.3 is 0 Å². The molecule has 0 unspecified atom stereocenters. The number of rotatable bonds is 3. The molecule has 3 heterocycles. The van der Waals surface area contributed by atoms with Gasteiger partial charge in [-0.1, -0.05) is 22.0 Å². The molecule has 1 aromatic rings. The van der Waals surface area contributed by atoms with Gasteiger partial charge in [-0.3, -0.25) is 4.90 Å². The van der Waals surface area contributed by atoms with Crippen LogP contribution < -0.4 is 0 Å². The highest BCUT2D eigenvalue weighted by atomic mass is 79.9. The molecule has 0 aromatic carbocycles. The van der Waals surface area contributed by atoms with Gasteiger partial charge < -0.3 is 0 Å². The predicted octanol–water partition coefficient (Wildman–Crippen LogP) is 3.11. The van der Waals surface area contributed by atoms with Crippen LogP contribution >= 0.6 is 27.3 Å². The van der Waals surface area contributed by atoms with Crippen LogP contribution in [-0.4, -0.2) is 22.3 Å². The van der Waals surface area contributed by atoms with Gasteiger partial charge in [0, 0.05) is 28.8 Å². The lowest BCUT2D eigenvalue weighted by atomic mass is 9.75. The topological polar surface area (TPSA) is 3.24 Å². The lowest BCUT2D eigenvalue weighted by molar-refractivity contribution is 0.131. The van der Waals surface area contributed by atoms with Crippen molar-refractivity contribution in [2.24, 2.45) is 5.92 Å². The van der Waals surface area contributed by atoms with Gasteiger partial charge in [-0.2, -0.15) is 0 Å². The lowest BCUT2D eigenvalue weighted by Crippen LogP contribution is -2.46. The van der Waals surface area contributed by atoms with Gasteiger partial charge in [-0.25, -0.2) is 0 Å². The van der Waals surface area contributed by atoms with Crippen LogP contribution in [0, 0.1) is 5.92 Å². The molecule has 0 amide bonds. The van der Waals surface area contributed by atoms with Gasteiger partial charge in [0.15, 0.2) is 0 Å². The van der Waals surface area contributed by atoms with E-state index in [1.54, 1.807) is 0 Å². The number of thiophene rings is 1. The second-order valence-electron chi connectivity index (χ2n) is 4.59. The maximum atomic E-state index is 3.68. The molecule has 14 heavy (non-hydrogen) atoms. The summed E-state index contributed by atoms with van der Waals surface area (Å²) in [6.07, 6.45) is 2.84. The van der Waals surface area contributed by atoms with E-state index in [1.165, 1.54) is 30.8 Å². The first-order valence-corrected chi connectivity index (χ1v) is 7.16. The summed E-state index contributed by atoms with van der Waals surface area (Å²) in [6, 6.07) is 4.41. The van der Waals surface area contributed by atoms with Crippen LogP contribution in [0.1, 0.15) is 17.7 Å². The number of hydrogen-bond acceptors (Lipinski definition) is 2. The quantitative estimate of drug-likeness (QED) is 0.764. The Morgan fingerprint density at radius 3 is 3.07 bits per heavy atom. The molecule has 1 aromatic heterocycles. The van der Waals surface area contributed by atoms with E-state index in [0.717, 1.165) is 11.2 Å². The summed E-state index contributed by atoms with van der Waals surface area (Å²) in [5.41, 5.74) is 0.522. The van der Waals surface area contributed by atoms with Gasteiger partial charge in [0.25, 0.3) is 0 Å². The Labute approximate surface area is 97.2 Å². The van der Waals surface area contributed by atoms with Crippen LogP contribution in [0.15, 0.2) is 17.5 Å². The van der Waals surface area contributed by atoms with Crippen LogP contribution in [0.25, 0.3) is 0 Å². The molecule has 2 saturated heterocycles. The van der Waals surface area contributed by atoms with Crippen molar-refractivity contribution in [1.82, 2.24) is 4.90 Å². The highest BCUT2D eigenvalue weighted by molar-refractivity contribution is 9.09. The van der Waals surface area contributed by atoms with Crippen molar-refractivity contribution in [3.8, 4) is 0 Å². The van der Waals surface area contributed by atoms with Crippen LogP contribution in [-0.2, 0) is 6.54 Å². The van der Waals surface area contributed by atoms with Gasteiger partial charge in [-0.15, -0.1) is 11.3 Å². The zero-order valence-corrected chi connectivity index (χ0v) is 10.5. The summed E-state index contributed by atoms with van der Waals surface area (Å²) in [7, 11) is 0. The smallest absolute Gasteiger partial charge is 0.0333 e. The van der Waals surface area contributed by atoms with Crippen LogP contribution in [0.4, 0.5) is 0 Å². The van der Waals surface area contributed by atoms with Crippen molar-refractivity contribution in [3.05, 3.63) is 22.4 Å². The SMILES string of the molecule is BrCC12CC(CN1Cc1cccs1)C2. The molecule has 4 rings (SSSR count).